The van der Waals surface area contributed by atoms with E-state index in [0.717, 1.165) is 12.1 Å². The number of aliphatic hydroxyl groups is 1. The van der Waals surface area contributed by atoms with Crippen LogP contribution < -0.4 is 10.6 Å². The Kier molecular flexibility index (Phi) is 7.37. The number of aliphatic hydroxyl groups excluding tert-OH is 1. The zero-order chi connectivity index (χ0) is 30.1. The van der Waals surface area contributed by atoms with E-state index in [2.05, 4.69) is 11.6 Å². The van der Waals surface area contributed by atoms with Crippen molar-refractivity contribution in [3.8, 4) is 11.1 Å². The summed E-state index contributed by atoms with van der Waals surface area (Å²) in [7, 11) is 0. The van der Waals surface area contributed by atoms with Crippen LogP contribution in [-0.2, 0) is 17.5 Å². The second kappa shape index (κ2) is 10.5. The Morgan fingerprint density at radius 2 is 1.93 bits per heavy atom. The summed E-state index contributed by atoms with van der Waals surface area (Å²) in [6.07, 6.45) is -4.25. The van der Waals surface area contributed by atoms with Crippen LogP contribution in [0.2, 0.25) is 5.02 Å². The summed E-state index contributed by atoms with van der Waals surface area (Å²) in [4.78, 5) is 22.1. The largest absolute Gasteiger partial charge is 0.417 e. The van der Waals surface area contributed by atoms with Gasteiger partial charge in [-0.05, 0) is 43.7 Å². The number of piperazine rings is 1. The zero-order valence-electron chi connectivity index (χ0n) is 22.9. The monoisotopic (exact) mass is 624 g/mol. The fourth-order valence-electron chi connectivity index (χ4n) is 6.41. The minimum Gasteiger partial charge on any atom is -0.380 e. The van der Waals surface area contributed by atoms with Gasteiger partial charge >= 0.3 is 11.9 Å². The van der Waals surface area contributed by atoms with E-state index in [0.29, 0.717) is 37.6 Å². The van der Waals surface area contributed by atoms with Crippen LogP contribution in [0.25, 0.3) is 22.0 Å². The third kappa shape index (κ3) is 4.81. The number of rotatable bonds is 4. The van der Waals surface area contributed by atoms with Gasteiger partial charge in [-0.25, -0.2) is 9.18 Å². The predicted molar refractivity (Wildman–Crippen MR) is 155 cm³/mol. The molecule has 6 rings (SSSR count). The molecule has 224 valence electrons. The van der Waals surface area contributed by atoms with Crippen molar-refractivity contribution in [2.75, 3.05) is 37.0 Å². The van der Waals surface area contributed by atoms with E-state index in [4.69, 9.17) is 16.3 Å². The molecule has 4 heterocycles. The second-order valence-corrected chi connectivity index (χ2v) is 12.8. The molecule has 3 atom stereocenters. The molecule has 2 fully saturated rings. The molecule has 13 heteroatoms. The van der Waals surface area contributed by atoms with Crippen molar-refractivity contribution in [1.29, 1.82) is 0 Å². The van der Waals surface area contributed by atoms with E-state index < -0.39 is 34.9 Å². The molecule has 0 saturated carbocycles. The molecule has 2 aromatic carbocycles. The summed E-state index contributed by atoms with van der Waals surface area (Å²) in [5, 5.41) is 10.4. The Balaban J connectivity index is 1.64. The molecule has 3 aromatic rings. The number of anilines is 1. The Morgan fingerprint density at radius 1 is 1.24 bits per heavy atom. The molecule has 1 aromatic heterocycles. The molecule has 3 aliphatic rings. The fourth-order valence-corrected chi connectivity index (χ4v) is 8.02. The quantitative estimate of drug-likeness (QED) is 0.308. The summed E-state index contributed by atoms with van der Waals surface area (Å²) in [6, 6.07) is 4.13. The molecule has 2 saturated heterocycles. The number of benzene rings is 2. The van der Waals surface area contributed by atoms with E-state index >= 15 is 0 Å². The first kappa shape index (κ1) is 29.4. The number of nitrogens with zero attached hydrogens (tertiary/aromatic N) is 4. The molecule has 3 aliphatic heterocycles. The van der Waals surface area contributed by atoms with E-state index in [1.807, 2.05) is 23.6 Å². The van der Waals surface area contributed by atoms with E-state index in [9.17, 15) is 27.5 Å². The second-order valence-electron chi connectivity index (χ2n) is 11.4. The molecular weight excluding hydrogens is 596 g/mol. The van der Waals surface area contributed by atoms with Gasteiger partial charge in [0.25, 0.3) is 0 Å². The third-order valence-corrected chi connectivity index (χ3v) is 10.1. The van der Waals surface area contributed by atoms with Crippen LogP contribution in [0.15, 0.2) is 46.6 Å². The van der Waals surface area contributed by atoms with E-state index in [-0.39, 0.29) is 50.9 Å². The van der Waals surface area contributed by atoms with Crippen molar-refractivity contribution in [2.24, 2.45) is 5.41 Å². The van der Waals surface area contributed by atoms with Crippen molar-refractivity contribution in [2.45, 2.75) is 49.8 Å². The summed E-state index contributed by atoms with van der Waals surface area (Å²) < 4.78 is 65.7. The molecule has 0 amide bonds. The Labute approximate surface area is 248 Å². The standard InChI is InChI=1S/C29H29ClF4N4O3S/c1-4-22(39)38-15(2)9-36(10-16(38)3)26-18-8-19(29(32,33)34)23(17-5-6-21(31)20(30)7-17)25-24(18)37(27(40)35-26)11-28(14-42-25)12-41-13-28/h4-8,15-16,22,39H,1,9-14H2,2-3H3/t15-,16+,22?. The van der Waals surface area contributed by atoms with Gasteiger partial charge in [0, 0.05) is 58.7 Å². The Morgan fingerprint density at radius 3 is 2.50 bits per heavy atom. The van der Waals surface area contributed by atoms with Crippen LogP contribution in [0.1, 0.15) is 19.4 Å². The minimum atomic E-state index is -4.78. The SMILES string of the molecule is C=CC(O)N1[C@H](C)CN(c2nc(=O)n3c4c(c(-c5ccc(F)c(Cl)c5)c(C(F)(F)F)cc24)SCC2(COC2)C3)C[C@@H]1C. The molecular formula is C29H29ClF4N4O3S. The summed E-state index contributed by atoms with van der Waals surface area (Å²) in [5.74, 6) is -0.158. The third-order valence-electron chi connectivity index (χ3n) is 8.35. The highest BCUT2D eigenvalue weighted by Crippen LogP contribution is 2.51. The summed E-state index contributed by atoms with van der Waals surface area (Å²) >= 11 is 7.29. The Bertz CT molecular complexity index is 1630. The molecule has 42 heavy (non-hydrogen) atoms. The average molecular weight is 625 g/mol. The molecule has 1 spiro atoms. The van der Waals surface area contributed by atoms with Crippen molar-refractivity contribution >= 4 is 40.1 Å². The molecule has 1 unspecified atom stereocenters. The fraction of sp³-hybridized carbons (Fsp3) is 0.448. The number of aromatic nitrogens is 2. The number of ether oxygens (including phenoxy) is 1. The lowest BCUT2D eigenvalue weighted by atomic mass is 9.88. The lowest BCUT2D eigenvalue weighted by Crippen LogP contribution is -2.60. The number of halogens is 5. The summed E-state index contributed by atoms with van der Waals surface area (Å²) in [5.41, 5.74) is -1.61. The van der Waals surface area contributed by atoms with Crippen LogP contribution in [0, 0.1) is 11.2 Å². The highest BCUT2D eigenvalue weighted by atomic mass is 35.5. The van der Waals surface area contributed by atoms with Crippen LogP contribution in [0.3, 0.4) is 0 Å². The highest BCUT2D eigenvalue weighted by Gasteiger charge is 2.45. The van der Waals surface area contributed by atoms with Gasteiger partial charge in [-0.1, -0.05) is 24.2 Å². The number of hydrogen-bond donors (Lipinski definition) is 1. The van der Waals surface area contributed by atoms with E-state index in [1.54, 1.807) is 0 Å². The first-order chi connectivity index (χ1) is 19.8. The van der Waals surface area contributed by atoms with Gasteiger partial charge in [0.15, 0.2) is 0 Å². The maximum absolute atomic E-state index is 14.9. The van der Waals surface area contributed by atoms with Gasteiger partial charge < -0.3 is 14.7 Å². The zero-order valence-corrected chi connectivity index (χ0v) is 24.5. The van der Waals surface area contributed by atoms with Gasteiger partial charge in [0.05, 0.1) is 29.3 Å². The minimum absolute atomic E-state index is 0.102. The first-order valence-corrected chi connectivity index (χ1v) is 14.9. The Hall–Kier alpha value is -2.64. The number of alkyl halides is 3. The number of hydrogen-bond acceptors (Lipinski definition) is 7. The smallest absolute Gasteiger partial charge is 0.380 e. The van der Waals surface area contributed by atoms with Crippen LogP contribution in [0.4, 0.5) is 23.4 Å². The van der Waals surface area contributed by atoms with Crippen LogP contribution >= 0.6 is 23.4 Å². The average Bonchev–Trinajstić information content (AvgIpc) is 3.10. The van der Waals surface area contributed by atoms with Crippen LogP contribution in [0.5, 0.6) is 0 Å². The molecule has 0 aliphatic carbocycles. The highest BCUT2D eigenvalue weighted by molar-refractivity contribution is 7.99. The van der Waals surface area contributed by atoms with Crippen LogP contribution in [-0.4, -0.2) is 69.9 Å². The predicted octanol–water partition coefficient (Wildman–Crippen LogP) is 5.40. The topological polar surface area (TPSA) is 70.8 Å². The normalized spacial score (nSPS) is 23.1. The molecule has 0 radical (unpaired) electrons. The van der Waals surface area contributed by atoms with Gasteiger partial charge in [0.1, 0.15) is 17.9 Å². The van der Waals surface area contributed by atoms with E-state index in [1.165, 1.54) is 34.5 Å². The van der Waals surface area contributed by atoms with Gasteiger partial charge in [-0.15, -0.1) is 11.8 Å². The molecule has 1 N–H and O–H groups in total. The maximum atomic E-state index is 14.9. The van der Waals surface area contributed by atoms with Crippen molar-refractivity contribution in [3.05, 3.63) is 63.8 Å². The van der Waals surface area contributed by atoms with Crippen molar-refractivity contribution in [3.63, 3.8) is 0 Å². The first-order valence-electron chi connectivity index (χ1n) is 13.5. The lowest BCUT2D eigenvalue weighted by Gasteiger charge is -2.46. The van der Waals surface area contributed by atoms with Crippen molar-refractivity contribution < 1.29 is 27.4 Å². The van der Waals surface area contributed by atoms with Gasteiger partial charge in [-0.3, -0.25) is 9.47 Å². The summed E-state index contributed by atoms with van der Waals surface area (Å²) in [6.45, 7) is 9.08. The van der Waals surface area contributed by atoms with Crippen molar-refractivity contribution in [1.82, 2.24) is 14.5 Å². The molecule has 0 bridgehead atoms. The lowest BCUT2D eigenvalue weighted by molar-refractivity contribution is -0.137. The maximum Gasteiger partial charge on any atom is 0.417 e. The van der Waals surface area contributed by atoms with Gasteiger partial charge in [0.2, 0.25) is 0 Å². The van der Waals surface area contributed by atoms with Gasteiger partial charge in [-0.2, -0.15) is 18.2 Å². The number of thioether (sulfide) groups is 1. The molecule has 7 nitrogen and oxygen atoms in total.